The lowest BCUT2D eigenvalue weighted by Gasteiger charge is -1.94. The minimum Gasteiger partial charge on any atom is -0.300 e. The minimum absolute atomic E-state index is 0.680. The molecule has 68 valence electrons. The number of nitrogens with zero attached hydrogens (tertiary/aromatic N) is 4. The first-order valence-electron chi connectivity index (χ1n) is 3.62. The molecule has 0 saturated heterocycles. The van der Waals surface area contributed by atoms with Crippen molar-refractivity contribution >= 4 is 16.5 Å². The summed E-state index contributed by atoms with van der Waals surface area (Å²) < 4.78 is 1.73. The SMILES string of the molecule is NNc1ncc(Cn2cncn2)s1. The Morgan fingerprint density at radius 2 is 2.54 bits per heavy atom. The number of thiazole rings is 1. The van der Waals surface area contributed by atoms with Crippen LogP contribution in [0.5, 0.6) is 0 Å². The van der Waals surface area contributed by atoms with Crippen molar-refractivity contribution in [2.24, 2.45) is 5.84 Å². The molecule has 0 aliphatic heterocycles. The number of aromatic nitrogens is 4. The van der Waals surface area contributed by atoms with E-state index >= 15 is 0 Å². The van der Waals surface area contributed by atoms with Gasteiger partial charge in [0, 0.05) is 11.1 Å². The Hall–Kier alpha value is -1.47. The van der Waals surface area contributed by atoms with Gasteiger partial charge in [-0.2, -0.15) is 5.10 Å². The Kier molecular flexibility index (Phi) is 2.19. The van der Waals surface area contributed by atoms with E-state index in [9.17, 15) is 0 Å². The summed E-state index contributed by atoms with van der Waals surface area (Å²) in [6.45, 7) is 0.680. The van der Waals surface area contributed by atoms with Gasteiger partial charge in [0.25, 0.3) is 0 Å². The van der Waals surface area contributed by atoms with Crippen LogP contribution in [0.3, 0.4) is 0 Å². The maximum Gasteiger partial charge on any atom is 0.197 e. The van der Waals surface area contributed by atoms with Crippen LogP contribution < -0.4 is 11.3 Å². The molecule has 0 saturated carbocycles. The fourth-order valence-corrected chi connectivity index (χ4v) is 1.64. The van der Waals surface area contributed by atoms with Crippen LogP contribution in [-0.4, -0.2) is 19.7 Å². The number of hydrazine groups is 1. The monoisotopic (exact) mass is 196 g/mol. The largest absolute Gasteiger partial charge is 0.300 e. The fourth-order valence-electron chi connectivity index (χ4n) is 0.921. The van der Waals surface area contributed by atoms with E-state index in [0.717, 1.165) is 4.88 Å². The Morgan fingerprint density at radius 3 is 3.15 bits per heavy atom. The van der Waals surface area contributed by atoms with Crippen molar-refractivity contribution in [3.63, 3.8) is 0 Å². The van der Waals surface area contributed by atoms with E-state index in [1.807, 2.05) is 0 Å². The molecule has 0 spiro atoms. The zero-order valence-corrected chi connectivity index (χ0v) is 7.53. The molecule has 2 rings (SSSR count). The Bertz CT molecular complexity index is 366. The van der Waals surface area contributed by atoms with Crippen LogP contribution in [0.1, 0.15) is 4.88 Å². The summed E-state index contributed by atoms with van der Waals surface area (Å²) in [5.41, 5.74) is 2.49. The molecule has 0 fully saturated rings. The highest BCUT2D eigenvalue weighted by Gasteiger charge is 2.00. The van der Waals surface area contributed by atoms with E-state index in [4.69, 9.17) is 5.84 Å². The van der Waals surface area contributed by atoms with Gasteiger partial charge in [0.1, 0.15) is 12.7 Å². The van der Waals surface area contributed by atoms with Gasteiger partial charge in [-0.05, 0) is 0 Å². The highest BCUT2D eigenvalue weighted by atomic mass is 32.1. The lowest BCUT2D eigenvalue weighted by atomic mass is 10.5. The van der Waals surface area contributed by atoms with Crippen LogP contribution in [0, 0.1) is 0 Å². The second kappa shape index (κ2) is 3.50. The molecular formula is C6H8N6S. The van der Waals surface area contributed by atoms with E-state index in [-0.39, 0.29) is 0 Å². The number of nitrogens with one attached hydrogen (secondary N) is 1. The van der Waals surface area contributed by atoms with Crippen LogP contribution in [0.4, 0.5) is 5.13 Å². The third kappa shape index (κ3) is 1.82. The van der Waals surface area contributed by atoms with E-state index in [1.54, 1.807) is 17.2 Å². The van der Waals surface area contributed by atoms with Gasteiger partial charge >= 0.3 is 0 Å². The third-order valence-corrected chi connectivity index (χ3v) is 2.37. The molecule has 2 heterocycles. The zero-order chi connectivity index (χ0) is 9.10. The Labute approximate surface area is 78.4 Å². The Morgan fingerprint density at radius 1 is 1.62 bits per heavy atom. The van der Waals surface area contributed by atoms with Gasteiger partial charge in [-0.1, -0.05) is 11.3 Å². The summed E-state index contributed by atoms with van der Waals surface area (Å²) in [7, 11) is 0. The average Bonchev–Trinajstić information content (AvgIpc) is 2.76. The number of hydrogen-bond acceptors (Lipinski definition) is 6. The van der Waals surface area contributed by atoms with Crippen LogP contribution in [0.15, 0.2) is 18.9 Å². The first-order chi connectivity index (χ1) is 6.38. The van der Waals surface area contributed by atoms with Crippen molar-refractivity contribution in [3.8, 4) is 0 Å². The lowest BCUT2D eigenvalue weighted by molar-refractivity contribution is 0.692. The summed E-state index contributed by atoms with van der Waals surface area (Å²) >= 11 is 1.50. The van der Waals surface area contributed by atoms with Gasteiger partial charge in [-0.3, -0.25) is 5.43 Å². The average molecular weight is 196 g/mol. The van der Waals surface area contributed by atoms with Gasteiger partial charge in [0.2, 0.25) is 0 Å². The summed E-state index contributed by atoms with van der Waals surface area (Å²) in [6, 6.07) is 0. The van der Waals surface area contributed by atoms with Crippen molar-refractivity contribution in [2.45, 2.75) is 6.54 Å². The third-order valence-electron chi connectivity index (χ3n) is 1.46. The van der Waals surface area contributed by atoms with Crippen LogP contribution in [0.2, 0.25) is 0 Å². The molecule has 3 N–H and O–H groups in total. The van der Waals surface area contributed by atoms with Crippen LogP contribution >= 0.6 is 11.3 Å². The number of hydrogen-bond donors (Lipinski definition) is 2. The predicted molar refractivity (Wildman–Crippen MR) is 49.0 cm³/mol. The fraction of sp³-hybridized carbons (Fsp3) is 0.167. The number of rotatable bonds is 3. The van der Waals surface area contributed by atoms with E-state index in [0.29, 0.717) is 11.7 Å². The van der Waals surface area contributed by atoms with Gasteiger partial charge < -0.3 is 0 Å². The standard InChI is InChI=1S/C6H8N6S/c7-11-6-9-1-5(13-6)2-12-4-8-3-10-12/h1,3-4H,2,7H2,(H,9,11). The highest BCUT2D eigenvalue weighted by Crippen LogP contribution is 2.17. The summed E-state index contributed by atoms with van der Waals surface area (Å²) in [5, 5.41) is 4.68. The van der Waals surface area contributed by atoms with Crippen LogP contribution in [0.25, 0.3) is 0 Å². The highest BCUT2D eigenvalue weighted by molar-refractivity contribution is 7.15. The normalized spacial score (nSPS) is 10.2. The number of nitrogens with two attached hydrogens (primary N) is 1. The minimum atomic E-state index is 0.680. The zero-order valence-electron chi connectivity index (χ0n) is 6.71. The van der Waals surface area contributed by atoms with Crippen LogP contribution in [-0.2, 0) is 6.54 Å². The summed E-state index contributed by atoms with van der Waals surface area (Å²) in [5.74, 6) is 5.20. The molecule has 0 atom stereocenters. The molecule has 0 aliphatic rings. The van der Waals surface area contributed by atoms with E-state index in [2.05, 4.69) is 20.5 Å². The lowest BCUT2D eigenvalue weighted by Crippen LogP contribution is -2.05. The van der Waals surface area contributed by atoms with Gasteiger partial charge in [-0.15, -0.1) is 0 Å². The quantitative estimate of drug-likeness (QED) is 0.536. The maximum atomic E-state index is 5.20. The Balaban J connectivity index is 2.10. The molecule has 0 aromatic carbocycles. The van der Waals surface area contributed by atoms with Crippen molar-refractivity contribution in [1.29, 1.82) is 0 Å². The molecule has 2 aromatic heterocycles. The molecule has 13 heavy (non-hydrogen) atoms. The molecule has 7 heteroatoms. The molecule has 6 nitrogen and oxygen atoms in total. The van der Waals surface area contributed by atoms with E-state index < -0.39 is 0 Å². The molecule has 0 amide bonds. The molecule has 0 radical (unpaired) electrons. The number of nitrogen functional groups attached to an aromatic ring is 1. The van der Waals surface area contributed by atoms with Crippen molar-refractivity contribution in [3.05, 3.63) is 23.7 Å². The van der Waals surface area contributed by atoms with Gasteiger partial charge in [0.05, 0.1) is 6.54 Å². The second-order valence-electron chi connectivity index (χ2n) is 2.37. The smallest absolute Gasteiger partial charge is 0.197 e. The van der Waals surface area contributed by atoms with Crippen molar-refractivity contribution in [2.75, 3.05) is 5.43 Å². The predicted octanol–water partition coefficient (Wildman–Crippen LogP) is 0.0685. The van der Waals surface area contributed by atoms with Gasteiger partial charge in [0.15, 0.2) is 5.13 Å². The molecule has 0 unspecified atom stereocenters. The first-order valence-corrected chi connectivity index (χ1v) is 4.44. The van der Waals surface area contributed by atoms with E-state index in [1.165, 1.54) is 17.7 Å². The summed E-state index contributed by atoms with van der Waals surface area (Å²) in [4.78, 5) is 8.96. The summed E-state index contributed by atoms with van der Waals surface area (Å²) in [6.07, 6.45) is 4.93. The maximum absolute atomic E-state index is 5.20. The molecule has 0 bridgehead atoms. The van der Waals surface area contributed by atoms with Gasteiger partial charge in [-0.25, -0.2) is 20.5 Å². The molecular weight excluding hydrogens is 188 g/mol. The topological polar surface area (TPSA) is 81.6 Å². The van der Waals surface area contributed by atoms with Crippen molar-refractivity contribution < 1.29 is 0 Å². The van der Waals surface area contributed by atoms with Crippen molar-refractivity contribution in [1.82, 2.24) is 19.7 Å². The number of anilines is 1. The molecule has 0 aliphatic carbocycles. The second-order valence-corrected chi connectivity index (χ2v) is 3.48. The first kappa shape index (κ1) is 8.14. The molecule has 2 aromatic rings.